The number of hydrogen-bond acceptors (Lipinski definition) is 2. The smallest absolute Gasteiger partial charge is 0.119 e. The van der Waals surface area contributed by atoms with Crippen LogP contribution in [0.25, 0.3) is 0 Å². The normalized spacial score (nSPS) is 11.8. The minimum atomic E-state index is 0.141. The van der Waals surface area contributed by atoms with E-state index in [0.717, 1.165) is 21.5 Å². The third kappa shape index (κ3) is 5.00. The van der Waals surface area contributed by atoms with Crippen LogP contribution in [0, 0.1) is 0 Å². The molecule has 3 aromatic rings. The molecule has 0 aliphatic rings. The SMILES string of the molecule is CC(Nc1ccc(Br)cc1Cl)c1ccc(OCc2ccccc2)cc1. The first-order valence-corrected chi connectivity index (χ1v) is 9.27. The maximum atomic E-state index is 6.27. The van der Waals surface area contributed by atoms with E-state index in [2.05, 4.69) is 52.4 Å². The molecule has 1 N–H and O–H groups in total. The minimum Gasteiger partial charge on any atom is -0.489 e. The van der Waals surface area contributed by atoms with Gasteiger partial charge in [-0.2, -0.15) is 0 Å². The second-order valence-corrected chi connectivity index (χ2v) is 7.16. The highest BCUT2D eigenvalue weighted by Crippen LogP contribution is 2.29. The van der Waals surface area contributed by atoms with Crippen LogP contribution in [0.4, 0.5) is 5.69 Å². The Balaban J connectivity index is 1.61. The number of hydrogen-bond donors (Lipinski definition) is 1. The zero-order valence-corrected chi connectivity index (χ0v) is 16.2. The van der Waals surface area contributed by atoms with Crippen molar-refractivity contribution >= 4 is 33.2 Å². The Hall–Kier alpha value is -1.97. The van der Waals surface area contributed by atoms with Crippen molar-refractivity contribution in [3.05, 3.63) is 93.4 Å². The number of benzene rings is 3. The number of ether oxygens (including phenoxy) is 1. The molecule has 0 aliphatic carbocycles. The average molecular weight is 417 g/mol. The molecule has 0 fully saturated rings. The summed E-state index contributed by atoms with van der Waals surface area (Å²) in [5.74, 6) is 0.862. The van der Waals surface area contributed by atoms with Crippen molar-refractivity contribution in [3.63, 3.8) is 0 Å². The lowest BCUT2D eigenvalue weighted by atomic mass is 10.1. The maximum Gasteiger partial charge on any atom is 0.119 e. The third-order valence-electron chi connectivity index (χ3n) is 3.93. The molecule has 1 unspecified atom stereocenters. The van der Waals surface area contributed by atoms with Crippen LogP contribution in [0.3, 0.4) is 0 Å². The van der Waals surface area contributed by atoms with E-state index < -0.39 is 0 Å². The van der Waals surface area contributed by atoms with Gasteiger partial charge in [-0.3, -0.25) is 0 Å². The Bertz CT molecular complexity index is 821. The van der Waals surface area contributed by atoms with E-state index in [0.29, 0.717) is 11.6 Å². The van der Waals surface area contributed by atoms with Gasteiger partial charge in [0.25, 0.3) is 0 Å². The highest BCUT2D eigenvalue weighted by Gasteiger charge is 2.08. The Kier molecular flexibility index (Phi) is 6.00. The van der Waals surface area contributed by atoms with Crippen molar-refractivity contribution in [2.24, 2.45) is 0 Å². The molecule has 0 saturated carbocycles. The van der Waals surface area contributed by atoms with Gasteiger partial charge in [-0.1, -0.05) is 70.0 Å². The van der Waals surface area contributed by atoms with Crippen LogP contribution in [0.5, 0.6) is 5.75 Å². The largest absolute Gasteiger partial charge is 0.489 e. The Morgan fingerprint density at radius 3 is 2.40 bits per heavy atom. The lowest BCUT2D eigenvalue weighted by Crippen LogP contribution is -2.07. The van der Waals surface area contributed by atoms with E-state index in [9.17, 15) is 0 Å². The topological polar surface area (TPSA) is 21.3 Å². The van der Waals surface area contributed by atoms with E-state index in [1.807, 2.05) is 48.5 Å². The Morgan fingerprint density at radius 2 is 1.72 bits per heavy atom. The summed E-state index contributed by atoms with van der Waals surface area (Å²) in [7, 11) is 0. The third-order valence-corrected chi connectivity index (χ3v) is 4.74. The zero-order chi connectivity index (χ0) is 17.6. The molecule has 0 spiro atoms. The molecule has 4 heteroatoms. The summed E-state index contributed by atoms with van der Waals surface area (Å²) in [6, 6.07) is 24.3. The monoisotopic (exact) mass is 415 g/mol. The van der Waals surface area contributed by atoms with Gasteiger partial charge in [-0.25, -0.2) is 0 Å². The lowest BCUT2D eigenvalue weighted by molar-refractivity contribution is 0.306. The Morgan fingerprint density at radius 1 is 1.00 bits per heavy atom. The van der Waals surface area contributed by atoms with Gasteiger partial charge in [0.1, 0.15) is 12.4 Å². The van der Waals surface area contributed by atoms with E-state index in [4.69, 9.17) is 16.3 Å². The molecule has 1 atom stereocenters. The van der Waals surface area contributed by atoms with Gasteiger partial charge in [0.2, 0.25) is 0 Å². The maximum absolute atomic E-state index is 6.27. The molecular formula is C21H19BrClNO. The van der Waals surface area contributed by atoms with Gasteiger partial charge < -0.3 is 10.1 Å². The summed E-state index contributed by atoms with van der Waals surface area (Å²) in [6.07, 6.45) is 0. The van der Waals surface area contributed by atoms with Crippen molar-refractivity contribution < 1.29 is 4.74 Å². The van der Waals surface area contributed by atoms with Crippen LogP contribution in [0.1, 0.15) is 24.1 Å². The molecule has 2 nitrogen and oxygen atoms in total. The van der Waals surface area contributed by atoms with Crippen LogP contribution < -0.4 is 10.1 Å². The molecule has 0 amide bonds. The van der Waals surface area contributed by atoms with E-state index in [1.165, 1.54) is 5.56 Å². The molecule has 0 bridgehead atoms. The van der Waals surface area contributed by atoms with Crippen molar-refractivity contribution in [2.45, 2.75) is 19.6 Å². The highest BCUT2D eigenvalue weighted by atomic mass is 79.9. The number of rotatable bonds is 6. The summed E-state index contributed by atoms with van der Waals surface area (Å²) in [5, 5.41) is 4.14. The summed E-state index contributed by atoms with van der Waals surface area (Å²) in [5.41, 5.74) is 3.25. The second-order valence-electron chi connectivity index (χ2n) is 5.83. The fourth-order valence-corrected chi connectivity index (χ4v) is 3.24. The summed E-state index contributed by atoms with van der Waals surface area (Å²) in [6.45, 7) is 2.68. The average Bonchev–Trinajstić information content (AvgIpc) is 2.63. The highest BCUT2D eigenvalue weighted by molar-refractivity contribution is 9.10. The molecule has 0 saturated heterocycles. The van der Waals surface area contributed by atoms with Crippen LogP contribution in [0.15, 0.2) is 77.3 Å². The molecule has 3 rings (SSSR count). The van der Waals surface area contributed by atoms with Gasteiger partial charge >= 0.3 is 0 Å². The zero-order valence-electron chi connectivity index (χ0n) is 13.9. The van der Waals surface area contributed by atoms with Gasteiger partial charge in [0.05, 0.1) is 10.7 Å². The van der Waals surface area contributed by atoms with Gasteiger partial charge in [0.15, 0.2) is 0 Å². The van der Waals surface area contributed by atoms with Crippen LogP contribution in [-0.4, -0.2) is 0 Å². The molecule has 0 heterocycles. The molecule has 25 heavy (non-hydrogen) atoms. The quantitative estimate of drug-likeness (QED) is 0.474. The summed E-state index contributed by atoms with van der Waals surface area (Å²) < 4.78 is 6.80. The molecule has 128 valence electrons. The minimum absolute atomic E-state index is 0.141. The van der Waals surface area contributed by atoms with E-state index >= 15 is 0 Å². The lowest BCUT2D eigenvalue weighted by Gasteiger charge is -2.17. The molecular weight excluding hydrogens is 398 g/mol. The molecule has 0 radical (unpaired) electrons. The van der Waals surface area contributed by atoms with Crippen molar-refractivity contribution in [2.75, 3.05) is 5.32 Å². The summed E-state index contributed by atoms with van der Waals surface area (Å²) in [4.78, 5) is 0. The van der Waals surface area contributed by atoms with Crippen molar-refractivity contribution in [1.82, 2.24) is 0 Å². The van der Waals surface area contributed by atoms with Crippen molar-refractivity contribution in [3.8, 4) is 5.75 Å². The van der Waals surface area contributed by atoms with Gasteiger partial charge in [-0.05, 0) is 48.4 Å². The first kappa shape index (κ1) is 17.8. The van der Waals surface area contributed by atoms with Gasteiger partial charge in [-0.15, -0.1) is 0 Å². The fraction of sp³-hybridized carbons (Fsp3) is 0.143. The summed E-state index contributed by atoms with van der Waals surface area (Å²) >= 11 is 9.69. The predicted molar refractivity (Wildman–Crippen MR) is 108 cm³/mol. The van der Waals surface area contributed by atoms with Crippen LogP contribution in [0.2, 0.25) is 5.02 Å². The first-order chi connectivity index (χ1) is 12.1. The number of halogens is 2. The van der Waals surface area contributed by atoms with E-state index in [1.54, 1.807) is 0 Å². The number of nitrogens with one attached hydrogen (secondary N) is 1. The molecule has 0 aliphatic heterocycles. The van der Waals surface area contributed by atoms with Gasteiger partial charge in [0, 0.05) is 10.5 Å². The van der Waals surface area contributed by atoms with Crippen molar-refractivity contribution in [1.29, 1.82) is 0 Å². The Labute approximate surface area is 161 Å². The standard InChI is InChI=1S/C21H19BrClNO/c1-15(24-21-12-9-18(22)13-20(21)23)17-7-10-19(11-8-17)25-14-16-5-3-2-4-6-16/h2-13,15,24H,14H2,1H3. The first-order valence-electron chi connectivity index (χ1n) is 8.10. The predicted octanol–water partition coefficient (Wildman–Crippen LogP) is 6.85. The van der Waals surface area contributed by atoms with Crippen LogP contribution in [-0.2, 0) is 6.61 Å². The molecule has 3 aromatic carbocycles. The van der Waals surface area contributed by atoms with E-state index in [-0.39, 0.29) is 6.04 Å². The fourth-order valence-electron chi connectivity index (χ4n) is 2.52. The second kappa shape index (κ2) is 8.41. The van der Waals surface area contributed by atoms with Crippen LogP contribution >= 0.6 is 27.5 Å². The number of anilines is 1. The molecule has 0 aromatic heterocycles.